The van der Waals surface area contributed by atoms with E-state index >= 15 is 0 Å². The second kappa shape index (κ2) is 10.7. The van der Waals surface area contributed by atoms with Crippen LogP contribution in [0.4, 0.5) is 4.79 Å². The Balaban J connectivity index is 1.48. The van der Waals surface area contributed by atoms with Crippen molar-refractivity contribution >= 4 is 11.9 Å². The molecule has 1 fully saturated rings. The third kappa shape index (κ3) is 6.24. The van der Waals surface area contributed by atoms with Crippen LogP contribution in [-0.2, 0) is 13.1 Å². The molecule has 30 heavy (non-hydrogen) atoms. The van der Waals surface area contributed by atoms with Crippen LogP contribution >= 0.6 is 0 Å². The monoisotopic (exact) mass is 409 g/mol. The molecule has 6 nitrogen and oxygen atoms in total. The number of nitrogens with one attached hydrogen (secondary N) is 2. The third-order valence-electron chi connectivity index (χ3n) is 5.41. The number of carbonyl (C=O) groups is 2. The summed E-state index contributed by atoms with van der Waals surface area (Å²) in [5.74, 6) is 0.751. The zero-order chi connectivity index (χ0) is 21.3. The highest BCUT2D eigenvalue weighted by atomic mass is 16.5. The van der Waals surface area contributed by atoms with Crippen LogP contribution in [0.1, 0.15) is 53.6 Å². The second-order valence-electron chi connectivity index (χ2n) is 7.82. The molecule has 0 aromatic heterocycles. The van der Waals surface area contributed by atoms with Gasteiger partial charge in [-0.25, -0.2) is 4.79 Å². The summed E-state index contributed by atoms with van der Waals surface area (Å²) in [6, 6.07) is 15.0. The van der Waals surface area contributed by atoms with Gasteiger partial charge in [0.15, 0.2) is 0 Å². The average molecular weight is 410 g/mol. The topological polar surface area (TPSA) is 70.7 Å². The SMILES string of the molecule is CNC(=O)c1ccc(CN(C)C(=O)NCc2cccc(OC3CCCCC3)c2)cc1. The molecule has 0 saturated heterocycles. The second-order valence-corrected chi connectivity index (χ2v) is 7.82. The Morgan fingerprint density at radius 1 is 1.03 bits per heavy atom. The zero-order valence-corrected chi connectivity index (χ0v) is 17.8. The fourth-order valence-electron chi connectivity index (χ4n) is 3.67. The number of hydrogen-bond donors (Lipinski definition) is 2. The lowest BCUT2D eigenvalue weighted by molar-refractivity contribution is 0.0963. The maximum absolute atomic E-state index is 12.5. The van der Waals surface area contributed by atoms with Crippen molar-refractivity contribution in [3.63, 3.8) is 0 Å². The first kappa shape index (κ1) is 21.7. The number of hydrogen-bond acceptors (Lipinski definition) is 3. The Labute approximate surface area is 178 Å². The molecule has 2 N–H and O–H groups in total. The summed E-state index contributed by atoms with van der Waals surface area (Å²) in [5, 5.41) is 5.55. The van der Waals surface area contributed by atoms with Crippen LogP contribution in [0, 0.1) is 0 Å². The number of rotatable bonds is 7. The molecular formula is C24H31N3O3. The molecule has 0 aliphatic heterocycles. The van der Waals surface area contributed by atoms with Gasteiger partial charge in [-0.05, 0) is 61.1 Å². The molecule has 0 atom stereocenters. The fraction of sp³-hybridized carbons (Fsp3) is 0.417. The number of urea groups is 1. The van der Waals surface area contributed by atoms with Gasteiger partial charge in [0.1, 0.15) is 5.75 Å². The first-order chi connectivity index (χ1) is 14.5. The Hall–Kier alpha value is -3.02. The summed E-state index contributed by atoms with van der Waals surface area (Å²) in [6.45, 7) is 0.908. The van der Waals surface area contributed by atoms with Crippen molar-refractivity contribution in [1.82, 2.24) is 15.5 Å². The molecule has 0 heterocycles. The highest BCUT2D eigenvalue weighted by Gasteiger charge is 2.15. The summed E-state index contributed by atoms with van der Waals surface area (Å²) in [6.07, 6.45) is 6.33. The van der Waals surface area contributed by atoms with E-state index in [1.54, 1.807) is 31.1 Å². The van der Waals surface area contributed by atoms with Crippen molar-refractivity contribution in [3.8, 4) is 5.75 Å². The smallest absolute Gasteiger partial charge is 0.317 e. The number of ether oxygens (including phenoxy) is 1. The van der Waals surface area contributed by atoms with Crippen LogP contribution < -0.4 is 15.4 Å². The quantitative estimate of drug-likeness (QED) is 0.723. The van der Waals surface area contributed by atoms with Crippen LogP contribution in [0.5, 0.6) is 5.75 Å². The molecular weight excluding hydrogens is 378 g/mol. The van der Waals surface area contributed by atoms with Crippen LogP contribution in [0.15, 0.2) is 48.5 Å². The van der Waals surface area contributed by atoms with Crippen LogP contribution in [0.2, 0.25) is 0 Å². The van der Waals surface area contributed by atoms with E-state index < -0.39 is 0 Å². The standard InChI is InChI=1S/C24H31N3O3/c1-25-23(28)20-13-11-18(12-14-20)17-27(2)24(29)26-16-19-7-6-10-22(15-19)30-21-8-4-3-5-9-21/h6-7,10-15,21H,3-5,8-9,16-17H2,1-2H3,(H,25,28)(H,26,29). The molecule has 2 aromatic rings. The summed E-state index contributed by atoms with van der Waals surface area (Å²) in [7, 11) is 3.36. The van der Waals surface area contributed by atoms with E-state index in [9.17, 15) is 9.59 Å². The van der Waals surface area contributed by atoms with E-state index in [1.807, 2.05) is 36.4 Å². The normalized spacial score (nSPS) is 14.1. The molecule has 1 aliphatic carbocycles. The van der Waals surface area contributed by atoms with Crippen LogP contribution in [-0.4, -0.2) is 37.0 Å². The Bertz CT molecular complexity index is 845. The van der Waals surface area contributed by atoms with Crippen LogP contribution in [0.25, 0.3) is 0 Å². The van der Waals surface area contributed by atoms with Gasteiger partial charge in [0, 0.05) is 32.7 Å². The Morgan fingerprint density at radius 3 is 2.47 bits per heavy atom. The molecule has 2 aromatic carbocycles. The van der Waals surface area contributed by atoms with E-state index in [0.717, 1.165) is 29.7 Å². The minimum Gasteiger partial charge on any atom is -0.490 e. The van der Waals surface area contributed by atoms with Gasteiger partial charge < -0.3 is 20.3 Å². The third-order valence-corrected chi connectivity index (χ3v) is 5.41. The predicted octanol–water partition coefficient (Wildman–Crippen LogP) is 4.10. The highest BCUT2D eigenvalue weighted by molar-refractivity contribution is 5.93. The van der Waals surface area contributed by atoms with Gasteiger partial charge in [0.05, 0.1) is 6.10 Å². The van der Waals surface area contributed by atoms with E-state index in [1.165, 1.54) is 19.3 Å². The Morgan fingerprint density at radius 2 is 1.77 bits per heavy atom. The summed E-state index contributed by atoms with van der Waals surface area (Å²) in [5.41, 5.74) is 2.58. The van der Waals surface area contributed by atoms with Gasteiger partial charge >= 0.3 is 6.03 Å². The lowest BCUT2D eigenvalue weighted by Crippen LogP contribution is -2.36. The largest absolute Gasteiger partial charge is 0.490 e. The van der Waals surface area contributed by atoms with Crippen molar-refractivity contribution < 1.29 is 14.3 Å². The van der Waals surface area contributed by atoms with Crippen molar-refractivity contribution in [2.45, 2.75) is 51.3 Å². The zero-order valence-electron chi connectivity index (χ0n) is 17.8. The van der Waals surface area contributed by atoms with Gasteiger partial charge in [-0.2, -0.15) is 0 Å². The number of amides is 3. The summed E-state index contributed by atoms with van der Waals surface area (Å²) in [4.78, 5) is 25.7. The summed E-state index contributed by atoms with van der Waals surface area (Å²) >= 11 is 0. The minimum atomic E-state index is -0.149. The van der Waals surface area contributed by atoms with Gasteiger partial charge in [0.25, 0.3) is 5.91 Å². The maximum Gasteiger partial charge on any atom is 0.317 e. The molecule has 6 heteroatoms. The van der Waals surface area contributed by atoms with Crippen molar-refractivity contribution in [2.24, 2.45) is 0 Å². The molecule has 1 saturated carbocycles. The fourth-order valence-corrected chi connectivity index (χ4v) is 3.67. The molecule has 0 radical (unpaired) electrons. The van der Waals surface area contributed by atoms with E-state index in [-0.39, 0.29) is 11.9 Å². The number of benzene rings is 2. The molecule has 3 amide bonds. The molecule has 0 bridgehead atoms. The van der Waals surface area contributed by atoms with Crippen molar-refractivity contribution in [2.75, 3.05) is 14.1 Å². The maximum atomic E-state index is 12.5. The minimum absolute atomic E-state index is 0.123. The Kier molecular flexibility index (Phi) is 7.71. The van der Waals surface area contributed by atoms with E-state index in [0.29, 0.717) is 24.8 Å². The van der Waals surface area contributed by atoms with E-state index in [4.69, 9.17) is 4.74 Å². The highest BCUT2D eigenvalue weighted by Crippen LogP contribution is 2.24. The molecule has 0 spiro atoms. The van der Waals surface area contributed by atoms with Gasteiger partial charge in [0.2, 0.25) is 0 Å². The summed E-state index contributed by atoms with van der Waals surface area (Å²) < 4.78 is 6.11. The molecule has 1 aliphatic rings. The lowest BCUT2D eigenvalue weighted by atomic mass is 9.98. The van der Waals surface area contributed by atoms with Gasteiger partial charge in [-0.3, -0.25) is 4.79 Å². The van der Waals surface area contributed by atoms with Gasteiger partial charge in [-0.1, -0.05) is 30.7 Å². The van der Waals surface area contributed by atoms with Crippen molar-refractivity contribution in [3.05, 3.63) is 65.2 Å². The first-order valence-corrected chi connectivity index (χ1v) is 10.6. The molecule has 0 unspecified atom stereocenters. The van der Waals surface area contributed by atoms with Crippen molar-refractivity contribution in [1.29, 1.82) is 0 Å². The van der Waals surface area contributed by atoms with E-state index in [2.05, 4.69) is 10.6 Å². The molecule has 3 rings (SSSR count). The average Bonchev–Trinajstić information content (AvgIpc) is 2.78. The van der Waals surface area contributed by atoms with Gasteiger partial charge in [-0.15, -0.1) is 0 Å². The lowest BCUT2D eigenvalue weighted by Gasteiger charge is -2.23. The van der Waals surface area contributed by atoms with Crippen LogP contribution in [0.3, 0.4) is 0 Å². The predicted molar refractivity (Wildman–Crippen MR) is 117 cm³/mol. The first-order valence-electron chi connectivity index (χ1n) is 10.6. The molecule has 160 valence electrons. The number of carbonyl (C=O) groups excluding carboxylic acids is 2. The number of nitrogens with zero attached hydrogens (tertiary/aromatic N) is 1.